The normalized spacial score (nSPS) is 11.0. The second-order valence-corrected chi connectivity index (χ2v) is 4.95. The molecule has 2 heterocycles. The number of esters is 1. The molecular weight excluding hydrogens is 264 g/mol. The van der Waals surface area contributed by atoms with Crippen molar-refractivity contribution in [3.05, 3.63) is 47.3 Å². The Morgan fingerprint density at radius 2 is 1.86 bits per heavy atom. The van der Waals surface area contributed by atoms with Gasteiger partial charge in [-0.2, -0.15) is 0 Å². The van der Waals surface area contributed by atoms with Crippen LogP contribution < -0.4 is 0 Å². The molecule has 106 valence electrons. The van der Waals surface area contributed by atoms with E-state index in [0.717, 1.165) is 27.5 Å². The molecule has 3 rings (SSSR count). The molecule has 2 aromatic heterocycles. The van der Waals surface area contributed by atoms with Gasteiger partial charge in [-0.3, -0.25) is 9.97 Å². The summed E-state index contributed by atoms with van der Waals surface area (Å²) in [5.41, 5.74) is 3.78. The lowest BCUT2D eigenvalue weighted by Gasteiger charge is -2.10. The fourth-order valence-electron chi connectivity index (χ4n) is 2.53. The average molecular weight is 280 g/mol. The summed E-state index contributed by atoms with van der Waals surface area (Å²) in [6.45, 7) is 5.91. The van der Waals surface area contributed by atoms with Gasteiger partial charge in [0.15, 0.2) is 0 Å². The number of nitrogens with zero attached hydrogens (tertiary/aromatic N) is 2. The molecule has 0 bridgehead atoms. The summed E-state index contributed by atoms with van der Waals surface area (Å²) in [5.74, 6) is -0.331. The van der Waals surface area contributed by atoms with E-state index in [1.807, 2.05) is 44.2 Å². The van der Waals surface area contributed by atoms with E-state index in [2.05, 4.69) is 9.97 Å². The number of ether oxygens (including phenoxy) is 1. The molecule has 0 fully saturated rings. The summed E-state index contributed by atoms with van der Waals surface area (Å²) in [6.07, 6.45) is 0. The minimum absolute atomic E-state index is 0.331. The number of aryl methyl sites for hydroxylation is 2. The number of para-hydroxylation sites is 1. The molecule has 4 nitrogen and oxygen atoms in total. The molecule has 1 aromatic carbocycles. The van der Waals surface area contributed by atoms with Crippen molar-refractivity contribution in [1.82, 2.24) is 9.97 Å². The summed E-state index contributed by atoms with van der Waals surface area (Å²) in [7, 11) is 0. The molecule has 0 N–H and O–H groups in total. The number of hydrogen-bond acceptors (Lipinski definition) is 4. The van der Waals surface area contributed by atoms with Gasteiger partial charge in [-0.25, -0.2) is 4.79 Å². The minimum Gasteiger partial charge on any atom is -0.462 e. The maximum absolute atomic E-state index is 12.1. The first-order chi connectivity index (χ1) is 10.1. The number of carbonyl (C=O) groups is 1. The number of carbonyl (C=O) groups excluding carboxylic acids is 1. The molecule has 0 atom stereocenters. The van der Waals surface area contributed by atoms with Crippen LogP contribution in [0.1, 0.15) is 28.7 Å². The third-order valence-electron chi connectivity index (χ3n) is 3.53. The van der Waals surface area contributed by atoms with Gasteiger partial charge in [-0.1, -0.05) is 18.2 Å². The predicted molar refractivity (Wildman–Crippen MR) is 82.5 cm³/mol. The van der Waals surface area contributed by atoms with Gasteiger partial charge in [0.1, 0.15) is 0 Å². The molecule has 0 saturated heterocycles. The molecule has 21 heavy (non-hydrogen) atoms. The standard InChI is InChI=1S/C17H16N2O2/c1-4-21-17(20)13-9-14-12-7-5-6-8-15(12)18-11(3)16(14)19-10(13)2/h5-9H,4H2,1-3H3. The van der Waals surface area contributed by atoms with E-state index in [-0.39, 0.29) is 5.97 Å². The Balaban J connectivity index is 2.37. The first-order valence-electron chi connectivity index (χ1n) is 6.95. The SMILES string of the molecule is CCOC(=O)c1cc2c(nc1C)c(C)nc1ccccc12. The largest absolute Gasteiger partial charge is 0.462 e. The summed E-state index contributed by atoms with van der Waals surface area (Å²) in [6, 6.07) is 9.74. The monoisotopic (exact) mass is 280 g/mol. The molecule has 0 aliphatic carbocycles. The van der Waals surface area contributed by atoms with Gasteiger partial charge >= 0.3 is 5.97 Å². The first-order valence-corrected chi connectivity index (χ1v) is 6.95. The summed E-state index contributed by atoms with van der Waals surface area (Å²) in [4.78, 5) is 21.2. The van der Waals surface area contributed by atoms with Crippen LogP contribution in [-0.2, 0) is 4.74 Å². The fourth-order valence-corrected chi connectivity index (χ4v) is 2.53. The number of benzene rings is 1. The van der Waals surface area contributed by atoms with Gasteiger partial charge in [-0.05, 0) is 32.9 Å². The highest BCUT2D eigenvalue weighted by Gasteiger charge is 2.15. The number of hydrogen-bond donors (Lipinski definition) is 0. The van der Waals surface area contributed by atoms with E-state index < -0.39 is 0 Å². The van der Waals surface area contributed by atoms with Crippen LogP contribution in [0.3, 0.4) is 0 Å². The second-order valence-electron chi connectivity index (χ2n) is 4.95. The zero-order valence-corrected chi connectivity index (χ0v) is 12.3. The Labute approximate surface area is 122 Å². The highest BCUT2D eigenvalue weighted by Crippen LogP contribution is 2.27. The van der Waals surface area contributed by atoms with Gasteiger partial charge in [0.2, 0.25) is 0 Å². The zero-order chi connectivity index (χ0) is 15.0. The van der Waals surface area contributed by atoms with Crippen LogP contribution in [0.4, 0.5) is 0 Å². The van der Waals surface area contributed by atoms with Crippen molar-refractivity contribution in [2.24, 2.45) is 0 Å². The minimum atomic E-state index is -0.331. The van der Waals surface area contributed by atoms with Crippen LogP contribution >= 0.6 is 0 Å². The Morgan fingerprint density at radius 1 is 1.10 bits per heavy atom. The molecule has 0 spiro atoms. The highest BCUT2D eigenvalue weighted by atomic mass is 16.5. The Morgan fingerprint density at radius 3 is 2.62 bits per heavy atom. The van der Waals surface area contributed by atoms with Crippen LogP contribution in [0.15, 0.2) is 30.3 Å². The average Bonchev–Trinajstić information content (AvgIpc) is 2.47. The number of fused-ring (bicyclic) bond motifs is 3. The van der Waals surface area contributed by atoms with Gasteiger partial charge in [0.05, 0.1) is 34.6 Å². The molecule has 0 aliphatic rings. The van der Waals surface area contributed by atoms with Crippen LogP contribution in [-0.4, -0.2) is 22.5 Å². The molecule has 0 radical (unpaired) electrons. The van der Waals surface area contributed by atoms with Crippen molar-refractivity contribution in [3.8, 4) is 0 Å². The van der Waals surface area contributed by atoms with Crippen LogP contribution in [0.5, 0.6) is 0 Å². The van der Waals surface area contributed by atoms with E-state index in [9.17, 15) is 4.79 Å². The second kappa shape index (κ2) is 5.13. The third-order valence-corrected chi connectivity index (χ3v) is 3.53. The lowest BCUT2D eigenvalue weighted by atomic mass is 10.0. The van der Waals surface area contributed by atoms with Crippen molar-refractivity contribution in [3.63, 3.8) is 0 Å². The van der Waals surface area contributed by atoms with E-state index in [4.69, 9.17) is 4.74 Å². The lowest BCUT2D eigenvalue weighted by molar-refractivity contribution is 0.0525. The van der Waals surface area contributed by atoms with Crippen LogP contribution in [0, 0.1) is 13.8 Å². The first kappa shape index (κ1) is 13.5. The smallest absolute Gasteiger partial charge is 0.339 e. The summed E-state index contributed by atoms with van der Waals surface area (Å²) >= 11 is 0. The Kier molecular flexibility index (Phi) is 3.29. The molecule has 0 amide bonds. The van der Waals surface area contributed by atoms with Crippen molar-refractivity contribution < 1.29 is 9.53 Å². The molecule has 4 heteroatoms. The number of rotatable bonds is 2. The van der Waals surface area contributed by atoms with Gasteiger partial charge in [0, 0.05) is 10.8 Å². The summed E-state index contributed by atoms with van der Waals surface area (Å²) < 4.78 is 5.11. The maximum atomic E-state index is 12.1. The predicted octanol–water partition coefficient (Wildman–Crippen LogP) is 3.58. The molecule has 3 aromatic rings. The Bertz CT molecular complexity index is 856. The fraction of sp³-hybridized carbons (Fsp3) is 0.235. The van der Waals surface area contributed by atoms with Gasteiger partial charge in [0.25, 0.3) is 0 Å². The van der Waals surface area contributed by atoms with Gasteiger partial charge in [-0.15, -0.1) is 0 Å². The zero-order valence-electron chi connectivity index (χ0n) is 12.3. The van der Waals surface area contributed by atoms with Crippen LogP contribution in [0.25, 0.3) is 21.8 Å². The lowest BCUT2D eigenvalue weighted by Crippen LogP contribution is -2.08. The molecule has 0 unspecified atom stereocenters. The van der Waals surface area contributed by atoms with E-state index in [1.165, 1.54) is 0 Å². The van der Waals surface area contributed by atoms with E-state index in [1.54, 1.807) is 6.92 Å². The summed E-state index contributed by atoms with van der Waals surface area (Å²) in [5, 5.41) is 1.93. The quantitative estimate of drug-likeness (QED) is 0.532. The topological polar surface area (TPSA) is 52.1 Å². The number of aromatic nitrogens is 2. The van der Waals surface area contributed by atoms with E-state index in [0.29, 0.717) is 17.9 Å². The third kappa shape index (κ3) is 2.23. The van der Waals surface area contributed by atoms with Crippen molar-refractivity contribution in [2.75, 3.05) is 6.61 Å². The Hall–Kier alpha value is -2.49. The molecular formula is C17H16N2O2. The van der Waals surface area contributed by atoms with Crippen LogP contribution in [0.2, 0.25) is 0 Å². The van der Waals surface area contributed by atoms with Crippen molar-refractivity contribution >= 4 is 27.8 Å². The van der Waals surface area contributed by atoms with E-state index >= 15 is 0 Å². The maximum Gasteiger partial charge on any atom is 0.339 e. The van der Waals surface area contributed by atoms with Crippen molar-refractivity contribution in [2.45, 2.75) is 20.8 Å². The highest BCUT2D eigenvalue weighted by molar-refractivity contribution is 6.07. The number of pyridine rings is 2. The molecule has 0 aliphatic heterocycles. The van der Waals surface area contributed by atoms with Crippen molar-refractivity contribution in [1.29, 1.82) is 0 Å². The molecule has 0 saturated carbocycles. The van der Waals surface area contributed by atoms with Gasteiger partial charge < -0.3 is 4.74 Å².